The minimum absolute atomic E-state index is 0.0218. The summed E-state index contributed by atoms with van der Waals surface area (Å²) in [5.41, 5.74) is 0. The van der Waals surface area contributed by atoms with Gasteiger partial charge in [-0.25, -0.2) is 4.98 Å². The van der Waals surface area contributed by atoms with Gasteiger partial charge in [-0.15, -0.1) is 0 Å². The van der Waals surface area contributed by atoms with Gasteiger partial charge in [-0.3, -0.25) is 0 Å². The normalized spacial score (nSPS) is 20.5. The summed E-state index contributed by atoms with van der Waals surface area (Å²) in [5.74, 6) is 1.64. The maximum absolute atomic E-state index is 5.35. The Morgan fingerprint density at radius 3 is 2.94 bits per heavy atom. The molecule has 0 radical (unpaired) electrons. The largest absolute Gasteiger partial charge is 0.490 e. The molecule has 0 aromatic carbocycles. The standard InChI is InChI=1S/C10H15N3O3/c1-14-8-5-12-9(13-10(8)15-2)7-6-16-4-3-11-7/h5,7,11H,3-4,6H2,1-2H3. The van der Waals surface area contributed by atoms with Crippen molar-refractivity contribution in [1.82, 2.24) is 15.3 Å². The van der Waals surface area contributed by atoms with E-state index in [0.717, 1.165) is 13.2 Å². The van der Waals surface area contributed by atoms with Crippen LogP contribution in [0.1, 0.15) is 11.9 Å². The Morgan fingerprint density at radius 1 is 1.44 bits per heavy atom. The predicted octanol–water partition coefficient (Wildman–Crippen LogP) is 0.155. The van der Waals surface area contributed by atoms with Crippen molar-refractivity contribution in [1.29, 1.82) is 0 Å². The van der Waals surface area contributed by atoms with Gasteiger partial charge in [-0.05, 0) is 0 Å². The molecule has 2 rings (SSSR count). The van der Waals surface area contributed by atoms with Crippen molar-refractivity contribution in [2.45, 2.75) is 6.04 Å². The highest BCUT2D eigenvalue weighted by Crippen LogP contribution is 2.24. The molecular weight excluding hydrogens is 210 g/mol. The second kappa shape index (κ2) is 5.09. The number of rotatable bonds is 3. The van der Waals surface area contributed by atoms with E-state index in [1.165, 1.54) is 0 Å². The molecule has 1 aromatic heterocycles. The van der Waals surface area contributed by atoms with Gasteiger partial charge in [-0.2, -0.15) is 4.98 Å². The summed E-state index contributed by atoms with van der Waals surface area (Å²) in [5, 5.41) is 3.28. The highest BCUT2D eigenvalue weighted by atomic mass is 16.5. The lowest BCUT2D eigenvalue weighted by atomic mass is 10.2. The SMILES string of the molecule is COc1cnc(C2COCCN2)nc1OC. The van der Waals surface area contributed by atoms with Crippen molar-refractivity contribution >= 4 is 0 Å². The third-order valence-corrected chi connectivity index (χ3v) is 2.39. The first-order chi connectivity index (χ1) is 7.85. The minimum Gasteiger partial charge on any atom is -0.490 e. The molecule has 16 heavy (non-hydrogen) atoms. The van der Waals surface area contributed by atoms with Gasteiger partial charge in [0.05, 0.1) is 39.7 Å². The minimum atomic E-state index is 0.0218. The van der Waals surface area contributed by atoms with Crippen molar-refractivity contribution in [3.05, 3.63) is 12.0 Å². The van der Waals surface area contributed by atoms with Gasteiger partial charge in [0.2, 0.25) is 0 Å². The quantitative estimate of drug-likeness (QED) is 0.790. The molecule has 0 bridgehead atoms. The zero-order chi connectivity index (χ0) is 11.4. The lowest BCUT2D eigenvalue weighted by Gasteiger charge is -2.22. The summed E-state index contributed by atoms with van der Waals surface area (Å²) in [4.78, 5) is 8.51. The average Bonchev–Trinajstić information content (AvgIpc) is 2.39. The number of methoxy groups -OCH3 is 2. The van der Waals surface area contributed by atoms with Gasteiger partial charge in [0.15, 0.2) is 11.6 Å². The number of ether oxygens (including phenoxy) is 3. The number of nitrogens with zero attached hydrogens (tertiary/aromatic N) is 2. The summed E-state index contributed by atoms with van der Waals surface area (Å²) in [6.45, 7) is 2.11. The molecule has 1 unspecified atom stereocenters. The van der Waals surface area contributed by atoms with Crippen LogP contribution in [0.3, 0.4) is 0 Å². The Bertz CT molecular complexity index is 353. The Morgan fingerprint density at radius 2 is 2.31 bits per heavy atom. The maximum Gasteiger partial charge on any atom is 0.260 e. The van der Waals surface area contributed by atoms with Gasteiger partial charge in [0.25, 0.3) is 5.88 Å². The Balaban J connectivity index is 2.20. The van der Waals surface area contributed by atoms with Crippen LogP contribution in [0.4, 0.5) is 0 Å². The molecule has 6 nitrogen and oxygen atoms in total. The highest BCUT2D eigenvalue weighted by molar-refractivity contribution is 5.31. The molecular formula is C10H15N3O3. The first kappa shape index (κ1) is 11.1. The fraction of sp³-hybridized carbons (Fsp3) is 0.600. The Labute approximate surface area is 93.9 Å². The van der Waals surface area contributed by atoms with E-state index >= 15 is 0 Å². The molecule has 6 heteroatoms. The molecule has 1 aliphatic heterocycles. The summed E-state index contributed by atoms with van der Waals surface area (Å²) in [6, 6.07) is 0.0218. The van der Waals surface area contributed by atoms with Crippen molar-refractivity contribution in [3.8, 4) is 11.6 Å². The van der Waals surface area contributed by atoms with Crippen LogP contribution in [-0.4, -0.2) is 43.9 Å². The second-order valence-electron chi connectivity index (χ2n) is 3.39. The van der Waals surface area contributed by atoms with Crippen LogP contribution in [0.5, 0.6) is 11.6 Å². The van der Waals surface area contributed by atoms with Crippen molar-refractivity contribution in [3.63, 3.8) is 0 Å². The fourth-order valence-electron chi connectivity index (χ4n) is 1.55. The highest BCUT2D eigenvalue weighted by Gasteiger charge is 2.19. The van der Waals surface area contributed by atoms with E-state index in [2.05, 4.69) is 15.3 Å². The van der Waals surface area contributed by atoms with Gasteiger partial charge in [0, 0.05) is 6.54 Å². The zero-order valence-corrected chi connectivity index (χ0v) is 9.40. The zero-order valence-electron chi connectivity index (χ0n) is 9.40. The summed E-state index contributed by atoms with van der Waals surface area (Å²) < 4.78 is 15.6. The van der Waals surface area contributed by atoms with E-state index < -0.39 is 0 Å². The Kier molecular flexibility index (Phi) is 3.53. The summed E-state index contributed by atoms with van der Waals surface area (Å²) in [7, 11) is 3.11. The van der Waals surface area contributed by atoms with E-state index in [0.29, 0.717) is 24.1 Å². The van der Waals surface area contributed by atoms with Crippen LogP contribution in [0, 0.1) is 0 Å². The first-order valence-corrected chi connectivity index (χ1v) is 5.11. The predicted molar refractivity (Wildman–Crippen MR) is 56.7 cm³/mol. The molecule has 0 spiro atoms. The van der Waals surface area contributed by atoms with Crippen LogP contribution in [0.15, 0.2) is 6.20 Å². The second-order valence-corrected chi connectivity index (χ2v) is 3.39. The van der Waals surface area contributed by atoms with E-state index in [1.54, 1.807) is 20.4 Å². The number of morpholine rings is 1. The molecule has 1 aliphatic rings. The number of hydrogen-bond donors (Lipinski definition) is 1. The molecule has 88 valence electrons. The molecule has 1 aromatic rings. The number of nitrogens with one attached hydrogen (secondary N) is 1. The van der Waals surface area contributed by atoms with Gasteiger partial charge in [0.1, 0.15) is 0 Å². The summed E-state index contributed by atoms with van der Waals surface area (Å²) in [6.07, 6.45) is 1.61. The third-order valence-electron chi connectivity index (χ3n) is 2.39. The molecule has 2 heterocycles. The fourth-order valence-corrected chi connectivity index (χ4v) is 1.55. The molecule has 0 amide bonds. The summed E-state index contributed by atoms with van der Waals surface area (Å²) >= 11 is 0. The van der Waals surface area contributed by atoms with Gasteiger partial charge in [-0.1, -0.05) is 0 Å². The number of aromatic nitrogens is 2. The topological polar surface area (TPSA) is 65.5 Å². The Hall–Kier alpha value is -1.40. The van der Waals surface area contributed by atoms with Crippen LogP contribution >= 0.6 is 0 Å². The monoisotopic (exact) mass is 225 g/mol. The molecule has 1 atom stereocenters. The van der Waals surface area contributed by atoms with Crippen molar-refractivity contribution < 1.29 is 14.2 Å². The molecule has 0 saturated carbocycles. The first-order valence-electron chi connectivity index (χ1n) is 5.11. The van der Waals surface area contributed by atoms with Crippen LogP contribution in [0.2, 0.25) is 0 Å². The van der Waals surface area contributed by atoms with Gasteiger partial charge < -0.3 is 19.5 Å². The van der Waals surface area contributed by atoms with Crippen molar-refractivity contribution in [2.24, 2.45) is 0 Å². The van der Waals surface area contributed by atoms with Crippen LogP contribution in [0.25, 0.3) is 0 Å². The van der Waals surface area contributed by atoms with E-state index in [9.17, 15) is 0 Å². The van der Waals surface area contributed by atoms with E-state index in [4.69, 9.17) is 14.2 Å². The smallest absolute Gasteiger partial charge is 0.260 e. The number of hydrogen-bond acceptors (Lipinski definition) is 6. The van der Waals surface area contributed by atoms with E-state index in [-0.39, 0.29) is 6.04 Å². The lowest BCUT2D eigenvalue weighted by Crippen LogP contribution is -2.35. The lowest BCUT2D eigenvalue weighted by molar-refractivity contribution is 0.0739. The third kappa shape index (κ3) is 2.23. The molecule has 1 fully saturated rings. The molecule has 1 saturated heterocycles. The average molecular weight is 225 g/mol. The van der Waals surface area contributed by atoms with E-state index in [1.807, 2.05) is 0 Å². The molecule has 0 aliphatic carbocycles. The maximum atomic E-state index is 5.35. The molecule has 1 N–H and O–H groups in total. The van der Waals surface area contributed by atoms with Crippen LogP contribution in [-0.2, 0) is 4.74 Å². The van der Waals surface area contributed by atoms with Crippen LogP contribution < -0.4 is 14.8 Å². The van der Waals surface area contributed by atoms with Gasteiger partial charge >= 0.3 is 0 Å². The van der Waals surface area contributed by atoms with Crippen molar-refractivity contribution in [2.75, 3.05) is 34.0 Å².